The average molecular weight is 316 g/mol. The van der Waals surface area contributed by atoms with E-state index in [9.17, 15) is 9.59 Å². The second-order valence-electron chi connectivity index (χ2n) is 6.01. The van der Waals surface area contributed by atoms with Crippen LogP contribution in [0.15, 0.2) is 42.6 Å². The molecule has 23 heavy (non-hydrogen) atoms. The molecule has 5 nitrogen and oxygen atoms in total. The highest BCUT2D eigenvalue weighted by atomic mass is 16.6. The van der Waals surface area contributed by atoms with Crippen LogP contribution in [-0.2, 0) is 16.1 Å². The first-order valence-corrected chi connectivity index (χ1v) is 7.90. The number of likely N-dealkylation sites (tertiary alicyclic amines) is 1. The molecule has 1 heterocycles. The maximum Gasteiger partial charge on any atom is 0.410 e. The van der Waals surface area contributed by atoms with Crippen LogP contribution in [0, 0.1) is 5.92 Å². The standard InChI is InChI=1S/C18H24N2O3/c1-19(2)12-10-17(21)16-9-6-11-20(13-16)18(22)23-14-15-7-4-3-5-8-15/h3-5,7-8,10,12,16H,6,9,11,13-14H2,1-2H3/b12-10+. The molecule has 5 heteroatoms. The second-order valence-corrected chi connectivity index (χ2v) is 6.01. The van der Waals surface area contributed by atoms with Crippen LogP contribution in [0.3, 0.4) is 0 Å². The molecule has 0 aliphatic carbocycles. The number of ketones is 1. The number of rotatable bonds is 5. The number of hydrogen-bond acceptors (Lipinski definition) is 4. The normalized spacial score (nSPS) is 18.0. The molecule has 2 rings (SSSR count). The van der Waals surface area contributed by atoms with Gasteiger partial charge < -0.3 is 14.5 Å². The molecule has 1 aliphatic rings. The Bertz CT molecular complexity index is 555. The highest BCUT2D eigenvalue weighted by Gasteiger charge is 2.28. The Morgan fingerprint density at radius 1 is 1.30 bits per heavy atom. The van der Waals surface area contributed by atoms with E-state index in [1.807, 2.05) is 49.3 Å². The highest BCUT2D eigenvalue weighted by molar-refractivity contribution is 5.92. The zero-order valence-electron chi connectivity index (χ0n) is 13.8. The molecular weight excluding hydrogens is 292 g/mol. The van der Waals surface area contributed by atoms with E-state index in [0.29, 0.717) is 13.1 Å². The van der Waals surface area contributed by atoms with E-state index < -0.39 is 0 Å². The number of amides is 1. The van der Waals surface area contributed by atoms with Crippen molar-refractivity contribution in [1.82, 2.24) is 9.80 Å². The second kappa shape index (κ2) is 8.36. The first kappa shape index (κ1) is 17.1. The number of ether oxygens (including phenoxy) is 1. The summed E-state index contributed by atoms with van der Waals surface area (Å²) in [5.41, 5.74) is 0.958. The molecule has 1 fully saturated rings. The van der Waals surface area contributed by atoms with Crippen LogP contribution in [0.25, 0.3) is 0 Å². The Hall–Kier alpha value is -2.30. The fourth-order valence-electron chi connectivity index (χ4n) is 2.54. The summed E-state index contributed by atoms with van der Waals surface area (Å²) < 4.78 is 5.34. The zero-order valence-corrected chi connectivity index (χ0v) is 13.8. The molecule has 0 bridgehead atoms. The van der Waals surface area contributed by atoms with Crippen LogP contribution in [0.2, 0.25) is 0 Å². The third-order valence-electron chi connectivity index (χ3n) is 3.82. The van der Waals surface area contributed by atoms with Crippen molar-refractivity contribution in [3.63, 3.8) is 0 Å². The van der Waals surface area contributed by atoms with E-state index in [-0.39, 0.29) is 24.4 Å². The highest BCUT2D eigenvalue weighted by Crippen LogP contribution is 2.19. The average Bonchev–Trinajstić information content (AvgIpc) is 2.58. The topological polar surface area (TPSA) is 49.9 Å². The lowest BCUT2D eigenvalue weighted by molar-refractivity contribution is -0.119. The number of carbonyl (C=O) groups excluding carboxylic acids is 2. The molecule has 124 valence electrons. The van der Waals surface area contributed by atoms with Gasteiger partial charge in [-0.05, 0) is 24.5 Å². The quantitative estimate of drug-likeness (QED) is 0.784. The number of nitrogens with zero attached hydrogens (tertiary/aromatic N) is 2. The van der Waals surface area contributed by atoms with E-state index in [2.05, 4.69) is 0 Å². The van der Waals surface area contributed by atoms with Gasteiger partial charge in [0.25, 0.3) is 0 Å². The van der Waals surface area contributed by atoms with Crippen molar-refractivity contribution in [3.8, 4) is 0 Å². The van der Waals surface area contributed by atoms with E-state index in [0.717, 1.165) is 18.4 Å². The number of piperidine rings is 1. The number of benzene rings is 1. The van der Waals surface area contributed by atoms with E-state index in [1.165, 1.54) is 0 Å². The Morgan fingerprint density at radius 2 is 2.04 bits per heavy atom. The SMILES string of the molecule is CN(C)/C=C/C(=O)C1CCCN(C(=O)OCc2ccccc2)C1. The number of carbonyl (C=O) groups is 2. The fourth-order valence-corrected chi connectivity index (χ4v) is 2.54. The van der Waals surface area contributed by atoms with Gasteiger partial charge in [0.1, 0.15) is 6.61 Å². The molecule has 1 aromatic carbocycles. The van der Waals surface area contributed by atoms with Crippen LogP contribution in [0.5, 0.6) is 0 Å². The minimum absolute atomic E-state index is 0.0688. The lowest BCUT2D eigenvalue weighted by Gasteiger charge is -2.30. The molecule has 1 aliphatic heterocycles. The summed E-state index contributed by atoms with van der Waals surface area (Å²) in [6.45, 7) is 1.34. The Kier molecular flexibility index (Phi) is 6.20. The van der Waals surface area contributed by atoms with Crippen molar-refractivity contribution in [1.29, 1.82) is 0 Å². The summed E-state index contributed by atoms with van der Waals surface area (Å²) in [5, 5.41) is 0. The van der Waals surface area contributed by atoms with Crippen LogP contribution in [-0.4, -0.2) is 48.9 Å². The van der Waals surface area contributed by atoms with Crippen LogP contribution in [0.4, 0.5) is 4.79 Å². The van der Waals surface area contributed by atoms with E-state index in [4.69, 9.17) is 4.74 Å². The molecule has 0 spiro atoms. The van der Waals surface area contributed by atoms with Crippen molar-refractivity contribution >= 4 is 11.9 Å². The maximum absolute atomic E-state index is 12.2. The molecule has 1 unspecified atom stereocenters. The van der Waals surface area contributed by atoms with Crippen LogP contribution >= 0.6 is 0 Å². The predicted octanol–water partition coefficient (Wildman–Crippen LogP) is 2.68. The Labute approximate surface area is 137 Å². The van der Waals surface area contributed by atoms with Crippen molar-refractivity contribution in [2.45, 2.75) is 19.4 Å². The molecule has 0 aromatic heterocycles. The maximum atomic E-state index is 12.2. The summed E-state index contributed by atoms with van der Waals surface area (Å²) in [4.78, 5) is 27.8. The van der Waals surface area contributed by atoms with Gasteiger partial charge in [0.05, 0.1) is 0 Å². The van der Waals surface area contributed by atoms with Crippen LogP contribution in [0.1, 0.15) is 18.4 Å². The summed E-state index contributed by atoms with van der Waals surface area (Å²) in [6.07, 6.45) is 4.63. The first-order valence-electron chi connectivity index (χ1n) is 7.90. The third kappa shape index (κ3) is 5.43. The van der Waals surface area contributed by atoms with Gasteiger partial charge in [0, 0.05) is 39.3 Å². The largest absolute Gasteiger partial charge is 0.445 e. The minimum Gasteiger partial charge on any atom is -0.445 e. The molecule has 0 radical (unpaired) electrons. The number of allylic oxidation sites excluding steroid dienone is 1. The molecular formula is C18H24N2O3. The minimum atomic E-state index is -0.344. The van der Waals surface area contributed by atoms with Gasteiger partial charge in [-0.1, -0.05) is 30.3 Å². The van der Waals surface area contributed by atoms with Gasteiger partial charge in [-0.25, -0.2) is 4.79 Å². The van der Waals surface area contributed by atoms with Gasteiger partial charge >= 0.3 is 6.09 Å². The predicted molar refractivity (Wildman–Crippen MR) is 88.8 cm³/mol. The van der Waals surface area contributed by atoms with Crippen molar-refractivity contribution in [3.05, 3.63) is 48.2 Å². The fraction of sp³-hybridized carbons (Fsp3) is 0.444. The summed E-state index contributed by atoms with van der Waals surface area (Å²) in [6, 6.07) is 9.59. The van der Waals surface area contributed by atoms with E-state index >= 15 is 0 Å². The van der Waals surface area contributed by atoms with Crippen molar-refractivity contribution in [2.24, 2.45) is 5.92 Å². The van der Waals surface area contributed by atoms with Gasteiger partial charge in [-0.2, -0.15) is 0 Å². The van der Waals surface area contributed by atoms with Gasteiger partial charge in [-0.3, -0.25) is 4.79 Å². The van der Waals surface area contributed by atoms with Gasteiger partial charge in [-0.15, -0.1) is 0 Å². The molecule has 1 atom stereocenters. The summed E-state index contributed by atoms with van der Waals surface area (Å²) >= 11 is 0. The Balaban J connectivity index is 1.85. The summed E-state index contributed by atoms with van der Waals surface area (Å²) in [7, 11) is 3.75. The molecule has 0 N–H and O–H groups in total. The van der Waals surface area contributed by atoms with Gasteiger partial charge in [0.15, 0.2) is 5.78 Å². The lowest BCUT2D eigenvalue weighted by atomic mass is 9.94. The molecule has 1 saturated heterocycles. The van der Waals surface area contributed by atoms with Crippen LogP contribution < -0.4 is 0 Å². The van der Waals surface area contributed by atoms with Crippen molar-refractivity contribution in [2.75, 3.05) is 27.2 Å². The zero-order chi connectivity index (χ0) is 16.7. The van der Waals surface area contributed by atoms with Gasteiger partial charge in [0.2, 0.25) is 0 Å². The monoisotopic (exact) mass is 316 g/mol. The first-order chi connectivity index (χ1) is 11.1. The summed E-state index contributed by atoms with van der Waals surface area (Å²) in [5.74, 6) is -0.0662. The molecule has 1 aromatic rings. The Morgan fingerprint density at radius 3 is 2.74 bits per heavy atom. The molecule has 1 amide bonds. The van der Waals surface area contributed by atoms with E-state index in [1.54, 1.807) is 17.2 Å². The smallest absolute Gasteiger partial charge is 0.410 e. The number of hydrogen-bond donors (Lipinski definition) is 0. The lowest BCUT2D eigenvalue weighted by Crippen LogP contribution is -2.42. The third-order valence-corrected chi connectivity index (χ3v) is 3.82. The molecule has 0 saturated carbocycles. The van der Waals surface area contributed by atoms with Crippen molar-refractivity contribution < 1.29 is 14.3 Å².